The highest BCUT2D eigenvalue weighted by molar-refractivity contribution is 6.88. The first-order valence-electron chi connectivity index (χ1n) is 4.55. The van der Waals surface area contributed by atoms with E-state index in [0.717, 1.165) is 0 Å². The first-order chi connectivity index (χ1) is 6.39. The zero-order valence-corrected chi connectivity index (χ0v) is 12.2. The lowest BCUT2D eigenvalue weighted by molar-refractivity contribution is 1.70. The van der Waals surface area contributed by atoms with E-state index in [2.05, 4.69) is 43.9 Å². The maximum atomic E-state index is 5.73. The Hall–Kier alpha value is 0.234. The Balaban J connectivity index is 2.79. The van der Waals surface area contributed by atoms with Crippen LogP contribution < -0.4 is 10.4 Å². The first kappa shape index (κ1) is 12.3. The molecular weight excluding hydrogens is 247 g/mol. The molecule has 0 unspecified atom stereocenters. The maximum Gasteiger partial charge on any atom is 0.124 e. The lowest BCUT2D eigenvalue weighted by atomic mass is 10.4. The van der Waals surface area contributed by atoms with Crippen molar-refractivity contribution in [2.24, 2.45) is 0 Å². The summed E-state index contributed by atoms with van der Waals surface area (Å²) in [4.78, 5) is 0. The predicted octanol–water partition coefficient (Wildman–Crippen LogP) is 2.32. The molecule has 0 heterocycles. The average molecular weight is 261 g/mol. The first-order valence-corrected chi connectivity index (χ1v) is 10.00. The Labute approximate surface area is 99.5 Å². The van der Waals surface area contributed by atoms with E-state index >= 15 is 0 Å². The second-order valence-electron chi connectivity index (χ2n) is 4.27. The predicted molar refractivity (Wildman–Crippen MR) is 70.3 cm³/mol. The average Bonchev–Trinajstić information content (AvgIpc) is 2.02. The van der Waals surface area contributed by atoms with Gasteiger partial charge in [0.2, 0.25) is 0 Å². The number of halogens is 2. The van der Waals surface area contributed by atoms with Crippen molar-refractivity contribution in [3.63, 3.8) is 0 Å². The van der Waals surface area contributed by atoms with Crippen LogP contribution in [-0.4, -0.2) is 22.1 Å². The minimum Gasteiger partial charge on any atom is -0.110 e. The van der Waals surface area contributed by atoms with Crippen molar-refractivity contribution >= 4 is 51.2 Å². The fourth-order valence-corrected chi connectivity index (χ4v) is 3.73. The molecule has 0 aliphatic heterocycles. The van der Waals surface area contributed by atoms with Crippen LogP contribution in [0.1, 0.15) is 0 Å². The number of rotatable bonds is 3. The molecule has 0 aliphatic carbocycles. The lowest BCUT2D eigenvalue weighted by Gasteiger charge is -2.16. The van der Waals surface area contributed by atoms with Gasteiger partial charge in [0.05, 0.1) is 12.5 Å². The van der Waals surface area contributed by atoms with Crippen molar-refractivity contribution in [1.29, 1.82) is 0 Å². The summed E-state index contributed by atoms with van der Waals surface area (Å²) < 4.78 is -0.271. The highest BCUT2D eigenvalue weighted by Crippen LogP contribution is 2.02. The van der Waals surface area contributed by atoms with Crippen molar-refractivity contribution in [3.05, 3.63) is 24.3 Å². The van der Waals surface area contributed by atoms with Crippen molar-refractivity contribution < 1.29 is 0 Å². The maximum absolute atomic E-state index is 5.73. The SMILES string of the molecule is C[Si](C)(C)c1ccc([Si]C(Cl)Cl)cc1. The smallest absolute Gasteiger partial charge is 0.110 e. The van der Waals surface area contributed by atoms with Crippen LogP contribution >= 0.6 is 23.2 Å². The van der Waals surface area contributed by atoms with Gasteiger partial charge in [-0.1, -0.05) is 54.3 Å². The third kappa shape index (κ3) is 3.77. The van der Waals surface area contributed by atoms with Crippen LogP contribution in [-0.2, 0) is 0 Å². The van der Waals surface area contributed by atoms with Crippen molar-refractivity contribution in [3.8, 4) is 0 Å². The zero-order chi connectivity index (χ0) is 10.8. The summed E-state index contributed by atoms with van der Waals surface area (Å²) >= 11 is 11.5. The van der Waals surface area contributed by atoms with E-state index in [4.69, 9.17) is 23.2 Å². The molecule has 0 saturated heterocycles. The largest absolute Gasteiger partial charge is 0.124 e. The molecule has 0 nitrogen and oxygen atoms in total. The van der Waals surface area contributed by atoms with E-state index in [0.29, 0.717) is 9.52 Å². The van der Waals surface area contributed by atoms with Crippen molar-refractivity contribution in [1.82, 2.24) is 0 Å². The molecule has 76 valence electrons. The molecule has 0 bridgehead atoms. The molecule has 0 aromatic heterocycles. The van der Waals surface area contributed by atoms with Gasteiger partial charge < -0.3 is 0 Å². The molecule has 0 spiro atoms. The third-order valence-electron chi connectivity index (χ3n) is 2.03. The fourth-order valence-electron chi connectivity index (χ4n) is 1.19. The molecule has 0 amide bonds. The summed E-state index contributed by atoms with van der Waals surface area (Å²) in [6, 6.07) is 8.71. The molecule has 0 N–H and O–H groups in total. The van der Waals surface area contributed by atoms with Crippen LogP contribution in [0.25, 0.3) is 0 Å². The molecule has 1 aromatic carbocycles. The van der Waals surface area contributed by atoms with Gasteiger partial charge in [-0.3, -0.25) is 0 Å². The minimum atomic E-state index is -1.16. The topological polar surface area (TPSA) is 0 Å². The summed E-state index contributed by atoms with van der Waals surface area (Å²) in [5, 5.41) is 2.72. The molecule has 2 radical (unpaired) electrons. The van der Waals surface area contributed by atoms with Crippen LogP contribution in [0.15, 0.2) is 24.3 Å². The molecular formula is C10H14Cl2Si2. The highest BCUT2D eigenvalue weighted by Gasteiger charge is 2.15. The minimum absolute atomic E-state index is 0.271. The van der Waals surface area contributed by atoms with Gasteiger partial charge >= 0.3 is 0 Å². The van der Waals surface area contributed by atoms with Crippen LogP contribution in [0, 0.1) is 0 Å². The van der Waals surface area contributed by atoms with Gasteiger partial charge in [-0.05, 0) is 0 Å². The van der Waals surface area contributed by atoms with Crippen LogP contribution in [0.4, 0.5) is 0 Å². The van der Waals surface area contributed by atoms with Gasteiger partial charge in [0.25, 0.3) is 0 Å². The molecule has 0 atom stereocenters. The van der Waals surface area contributed by atoms with Crippen LogP contribution in [0.2, 0.25) is 19.6 Å². The summed E-state index contributed by atoms with van der Waals surface area (Å²) in [6.07, 6.45) is 0. The molecule has 4 heteroatoms. The van der Waals surface area contributed by atoms with Crippen molar-refractivity contribution in [2.75, 3.05) is 0 Å². The van der Waals surface area contributed by atoms with Gasteiger partial charge in [0.15, 0.2) is 0 Å². The van der Waals surface area contributed by atoms with E-state index in [1.165, 1.54) is 10.4 Å². The van der Waals surface area contributed by atoms with E-state index in [1.807, 2.05) is 0 Å². The van der Waals surface area contributed by atoms with Gasteiger partial charge in [-0.25, -0.2) is 0 Å². The van der Waals surface area contributed by atoms with Crippen molar-refractivity contribution in [2.45, 2.75) is 24.1 Å². The van der Waals surface area contributed by atoms with Gasteiger partial charge in [0.1, 0.15) is 9.52 Å². The summed E-state index contributed by atoms with van der Waals surface area (Å²) in [5.41, 5.74) is 0. The Kier molecular flexibility index (Phi) is 4.25. The summed E-state index contributed by atoms with van der Waals surface area (Å²) in [6.45, 7) is 7.03. The number of alkyl halides is 2. The van der Waals surface area contributed by atoms with E-state index in [9.17, 15) is 0 Å². The van der Waals surface area contributed by atoms with E-state index in [1.54, 1.807) is 0 Å². The standard InChI is InChI=1S/C10H14Cl2Si2/c1-14(2,3)9-6-4-8(5-7-9)13-10(11)12/h4-7,10H,1-3H3. The molecule has 0 fully saturated rings. The third-order valence-corrected chi connectivity index (χ3v) is 5.63. The quantitative estimate of drug-likeness (QED) is 0.578. The highest BCUT2D eigenvalue weighted by atomic mass is 35.5. The number of hydrogen-bond donors (Lipinski definition) is 0. The van der Waals surface area contributed by atoms with Crippen LogP contribution in [0.3, 0.4) is 0 Å². The molecule has 0 saturated carbocycles. The Morgan fingerprint density at radius 1 is 1.07 bits per heavy atom. The monoisotopic (exact) mass is 260 g/mol. The van der Waals surface area contributed by atoms with E-state index in [-0.39, 0.29) is 4.46 Å². The normalized spacial score (nSPS) is 12.1. The summed E-state index contributed by atoms with van der Waals surface area (Å²) in [5.74, 6) is 0. The number of benzene rings is 1. The second-order valence-corrected chi connectivity index (χ2v) is 12.6. The van der Waals surface area contributed by atoms with Gasteiger partial charge in [0, 0.05) is 0 Å². The van der Waals surface area contributed by atoms with E-state index < -0.39 is 8.07 Å². The van der Waals surface area contributed by atoms with Gasteiger partial charge in [-0.2, -0.15) is 0 Å². The second kappa shape index (κ2) is 4.84. The molecule has 1 rings (SSSR count). The Bertz CT molecular complexity index is 288. The summed E-state index contributed by atoms with van der Waals surface area (Å²) in [7, 11) is -0.672. The van der Waals surface area contributed by atoms with Gasteiger partial charge in [-0.15, -0.1) is 23.2 Å². The fraction of sp³-hybridized carbons (Fsp3) is 0.400. The molecule has 14 heavy (non-hydrogen) atoms. The molecule has 1 aromatic rings. The Morgan fingerprint density at radius 2 is 1.57 bits per heavy atom. The number of hydrogen-bond acceptors (Lipinski definition) is 0. The molecule has 0 aliphatic rings. The zero-order valence-electron chi connectivity index (χ0n) is 8.64. The Morgan fingerprint density at radius 3 is 1.93 bits per heavy atom. The lowest BCUT2D eigenvalue weighted by Crippen LogP contribution is -2.38. The van der Waals surface area contributed by atoms with Crippen LogP contribution in [0.5, 0.6) is 0 Å².